The molecule has 0 aliphatic carbocycles. The van der Waals surface area contributed by atoms with Gasteiger partial charge in [-0.15, -0.1) is 0 Å². The lowest BCUT2D eigenvalue weighted by Gasteiger charge is -2.35. The number of hydrogen-bond acceptors (Lipinski definition) is 7. The Kier molecular flexibility index (Phi) is 6.03. The van der Waals surface area contributed by atoms with Crippen molar-refractivity contribution in [2.75, 3.05) is 39.3 Å². The molecule has 31 heavy (non-hydrogen) atoms. The second-order valence-corrected chi connectivity index (χ2v) is 8.52. The van der Waals surface area contributed by atoms with Crippen molar-refractivity contribution in [3.8, 4) is 17.0 Å². The van der Waals surface area contributed by atoms with E-state index in [1.165, 1.54) is 0 Å². The van der Waals surface area contributed by atoms with Gasteiger partial charge in [0.05, 0.1) is 6.20 Å². The van der Waals surface area contributed by atoms with Gasteiger partial charge in [0.2, 0.25) is 5.88 Å². The summed E-state index contributed by atoms with van der Waals surface area (Å²) in [7, 11) is 0. The van der Waals surface area contributed by atoms with Crippen LogP contribution in [0.25, 0.3) is 16.8 Å². The maximum Gasteiger partial charge on any atom is 0.410 e. The van der Waals surface area contributed by atoms with Gasteiger partial charge in [0.15, 0.2) is 5.65 Å². The number of piperazine rings is 1. The highest BCUT2D eigenvalue weighted by molar-refractivity contribution is 5.68. The van der Waals surface area contributed by atoms with E-state index in [9.17, 15) is 4.79 Å². The molecular weight excluding hydrogens is 396 g/mol. The molecule has 1 saturated heterocycles. The van der Waals surface area contributed by atoms with Crippen LogP contribution in [0.5, 0.6) is 5.88 Å². The van der Waals surface area contributed by atoms with Crippen molar-refractivity contribution in [1.82, 2.24) is 29.4 Å². The molecule has 4 heterocycles. The Balaban J connectivity index is 1.22. The normalized spacial score (nSPS) is 15.3. The topological polar surface area (TPSA) is 85.1 Å². The van der Waals surface area contributed by atoms with Gasteiger partial charge in [-0.25, -0.2) is 19.3 Å². The number of carbonyl (C=O) groups is 1. The van der Waals surface area contributed by atoms with E-state index in [4.69, 9.17) is 9.47 Å². The number of aromatic nitrogens is 4. The molecule has 1 amide bonds. The molecule has 0 aromatic carbocycles. The summed E-state index contributed by atoms with van der Waals surface area (Å²) in [4.78, 5) is 25.0. The molecule has 3 aromatic heterocycles. The highest BCUT2D eigenvalue weighted by Gasteiger charge is 2.25. The van der Waals surface area contributed by atoms with Crippen molar-refractivity contribution in [3.63, 3.8) is 0 Å². The molecular formula is C22H28N6O3. The summed E-state index contributed by atoms with van der Waals surface area (Å²) < 4.78 is 13.0. The first-order valence-corrected chi connectivity index (χ1v) is 10.5. The molecule has 1 aliphatic heterocycles. The third-order valence-electron chi connectivity index (χ3n) is 5.00. The van der Waals surface area contributed by atoms with E-state index >= 15 is 0 Å². The minimum atomic E-state index is -0.465. The summed E-state index contributed by atoms with van der Waals surface area (Å²) in [5.41, 5.74) is 2.24. The first-order valence-electron chi connectivity index (χ1n) is 10.5. The SMILES string of the molecule is CC(C)(C)OC(=O)N1CCN(CCOc2ccc(-c3cnc4ccnn4c3)cn2)CC1. The van der Waals surface area contributed by atoms with Crippen molar-refractivity contribution < 1.29 is 14.3 Å². The first-order chi connectivity index (χ1) is 14.9. The van der Waals surface area contributed by atoms with Gasteiger partial charge in [-0.2, -0.15) is 5.10 Å². The fraction of sp³-hybridized carbons (Fsp3) is 0.455. The van der Waals surface area contributed by atoms with E-state index in [-0.39, 0.29) is 6.09 Å². The van der Waals surface area contributed by atoms with Crippen molar-refractivity contribution >= 4 is 11.7 Å². The number of pyridine rings is 1. The predicted octanol–water partition coefficient (Wildman–Crippen LogP) is 2.72. The van der Waals surface area contributed by atoms with Crippen LogP contribution in [-0.2, 0) is 4.74 Å². The second-order valence-electron chi connectivity index (χ2n) is 8.52. The van der Waals surface area contributed by atoms with E-state index in [1.54, 1.807) is 21.8 Å². The van der Waals surface area contributed by atoms with Gasteiger partial charge < -0.3 is 14.4 Å². The molecule has 9 nitrogen and oxygen atoms in total. The summed E-state index contributed by atoms with van der Waals surface area (Å²) in [6, 6.07) is 5.69. The zero-order chi connectivity index (χ0) is 21.8. The number of hydrogen-bond donors (Lipinski definition) is 0. The molecule has 9 heteroatoms. The van der Waals surface area contributed by atoms with Crippen LogP contribution in [0.3, 0.4) is 0 Å². The third kappa shape index (κ3) is 5.49. The van der Waals surface area contributed by atoms with Crippen LogP contribution in [-0.4, -0.2) is 80.4 Å². The summed E-state index contributed by atoms with van der Waals surface area (Å²) in [5, 5.41) is 4.21. The summed E-state index contributed by atoms with van der Waals surface area (Å²) in [5.74, 6) is 0.587. The van der Waals surface area contributed by atoms with E-state index in [2.05, 4.69) is 20.0 Å². The highest BCUT2D eigenvalue weighted by Crippen LogP contribution is 2.20. The van der Waals surface area contributed by atoms with Gasteiger partial charge in [-0.05, 0) is 26.8 Å². The molecule has 0 atom stereocenters. The molecule has 4 rings (SSSR count). The molecule has 1 aliphatic rings. The van der Waals surface area contributed by atoms with Crippen molar-refractivity contribution in [1.29, 1.82) is 0 Å². The molecule has 0 bridgehead atoms. The van der Waals surface area contributed by atoms with Crippen molar-refractivity contribution in [2.45, 2.75) is 26.4 Å². The average molecular weight is 425 g/mol. The van der Waals surface area contributed by atoms with Gasteiger partial charge in [0.25, 0.3) is 0 Å². The van der Waals surface area contributed by atoms with Gasteiger partial charge in [-0.1, -0.05) is 0 Å². The first kappa shape index (κ1) is 21.0. The number of rotatable bonds is 5. The number of ether oxygens (including phenoxy) is 2. The standard InChI is InChI=1S/C22H28N6O3/c1-22(2,3)31-21(29)27-10-8-26(9-11-27)12-13-30-20-5-4-17(14-24-20)18-15-23-19-6-7-25-28(19)16-18/h4-7,14-16H,8-13H2,1-3H3. The lowest BCUT2D eigenvalue weighted by Crippen LogP contribution is -2.50. The molecule has 0 unspecified atom stereocenters. The van der Waals surface area contributed by atoms with Crippen LogP contribution in [0.2, 0.25) is 0 Å². The molecule has 3 aromatic rings. The van der Waals surface area contributed by atoms with Crippen LogP contribution >= 0.6 is 0 Å². The van der Waals surface area contributed by atoms with Gasteiger partial charge in [-0.3, -0.25) is 4.90 Å². The lowest BCUT2D eigenvalue weighted by molar-refractivity contribution is 0.0136. The number of nitrogens with zero attached hydrogens (tertiary/aromatic N) is 6. The lowest BCUT2D eigenvalue weighted by atomic mass is 10.1. The Hall–Kier alpha value is -3.20. The number of amides is 1. The minimum absolute atomic E-state index is 0.241. The average Bonchev–Trinajstić information content (AvgIpc) is 3.21. The van der Waals surface area contributed by atoms with E-state index in [1.807, 2.05) is 51.4 Å². The Morgan fingerprint density at radius 3 is 2.52 bits per heavy atom. The summed E-state index contributed by atoms with van der Waals surface area (Å²) in [6.45, 7) is 9.91. The number of fused-ring (bicyclic) bond motifs is 1. The Morgan fingerprint density at radius 2 is 1.81 bits per heavy atom. The molecule has 0 spiro atoms. The molecule has 164 valence electrons. The quantitative estimate of drug-likeness (QED) is 0.623. The zero-order valence-electron chi connectivity index (χ0n) is 18.2. The van der Waals surface area contributed by atoms with E-state index in [0.717, 1.165) is 36.4 Å². The van der Waals surface area contributed by atoms with Crippen molar-refractivity contribution in [2.24, 2.45) is 0 Å². The molecule has 0 radical (unpaired) electrons. The smallest absolute Gasteiger partial charge is 0.410 e. The van der Waals surface area contributed by atoms with Gasteiger partial charge in [0.1, 0.15) is 12.2 Å². The monoisotopic (exact) mass is 424 g/mol. The second kappa shape index (κ2) is 8.89. The largest absolute Gasteiger partial charge is 0.476 e. The molecule has 0 saturated carbocycles. The van der Waals surface area contributed by atoms with Gasteiger partial charge in [0, 0.05) is 74.6 Å². The highest BCUT2D eigenvalue weighted by atomic mass is 16.6. The van der Waals surface area contributed by atoms with Crippen LogP contribution < -0.4 is 4.74 Å². The number of carbonyl (C=O) groups excluding carboxylic acids is 1. The van der Waals surface area contributed by atoms with Crippen LogP contribution in [0, 0.1) is 0 Å². The van der Waals surface area contributed by atoms with Crippen LogP contribution in [0.15, 0.2) is 43.0 Å². The fourth-order valence-corrected chi connectivity index (χ4v) is 3.36. The third-order valence-corrected chi connectivity index (χ3v) is 5.00. The minimum Gasteiger partial charge on any atom is -0.476 e. The maximum absolute atomic E-state index is 12.1. The molecule has 0 N–H and O–H groups in total. The Labute approximate surface area is 181 Å². The fourth-order valence-electron chi connectivity index (χ4n) is 3.36. The molecule has 1 fully saturated rings. The van der Waals surface area contributed by atoms with Crippen LogP contribution in [0.4, 0.5) is 4.79 Å². The maximum atomic E-state index is 12.1. The Morgan fingerprint density at radius 1 is 1.03 bits per heavy atom. The summed E-state index contributed by atoms with van der Waals surface area (Å²) in [6.07, 6.45) is 7.00. The van der Waals surface area contributed by atoms with E-state index < -0.39 is 5.60 Å². The summed E-state index contributed by atoms with van der Waals surface area (Å²) >= 11 is 0. The van der Waals surface area contributed by atoms with Crippen LogP contribution in [0.1, 0.15) is 20.8 Å². The van der Waals surface area contributed by atoms with E-state index in [0.29, 0.717) is 25.6 Å². The Bertz CT molecular complexity index is 1020. The van der Waals surface area contributed by atoms with Crippen molar-refractivity contribution in [3.05, 3.63) is 43.0 Å². The predicted molar refractivity (Wildman–Crippen MR) is 116 cm³/mol. The zero-order valence-corrected chi connectivity index (χ0v) is 18.2. The van der Waals surface area contributed by atoms with Gasteiger partial charge >= 0.3 is 6.09 Å².